The van der Waals surface area contributed by atoms with E-state index in [4.69, 9.17) is 9.47 Å². The Labute approximate surface area is 81.0 Å². The second kappa shape index (κ2) is 7.30. The van der Waals surface area contributed by atoms with Gasteiger partial charge in [0.15, 0.2) is 0 Å². The molecule has 0 aliphatic carbocycles. The van der Waals surface area contributed by atoms with Crippen LogP contribution in [-0.4, -0.2) is 19.2 Å². The van der Waals surface area contributed by atoms with Crippen LogP contribution in [0.4, 0.5) is 0 Å². The third-order valence-corrected chi connectivity index (χ3v) is 1.72. The van der Waals surface area contributed by atoms with Crippen LogP contribution in [0, 0.1) is 0 Å². The fourth-order valence-corrected chi connectivity index (χ4v) is 0.845. The van der Waals surface area contributed by atoms with Gasteiger partial charge in [-0.05, 0) is 12.8 Å². The van der Waals surface area contributed by atoms with E-state index in [0.29, 0.717) is 13.2 Å². The van der Waals surface area contributed by atoms with Gasteiger partial charge in [-0.15, -0.1) is 0 Å². The van der Waals surface area contributed by atoms with Gasteiger partial charge >= 0.3 is 5.97 Å². The molecule has 0 rings (SSSR count). The normalized spacial score (nSPS) is 12.0. The molecule has 3 nitrogen and oxygen atoms in total. The quantitative estimate of drug-likeness (QED) is 0.435. The molecule has 0 aliphatic rings. The van der Waals surface area contributed by atoms with Crippen LogP contribution in [0.15, 0.2) is 0 Å². The van der Waals surface area contributed by atoms with Crippen molar-refractivity contribution in [1.82, 2.24) is 0 Å². The van der Waals surface area contributed by atoms with Gasteiger partial charge in [0.05, 0.1) is 13.2 Å². The first-order valence-corrected chi connectivity index (χ1v) is 5.10. The summed E-state index contributed by atoms with van der Waals surface area (Å²) in [5, 5.41) is 11.4. The molecular weight excluding hydrogens is 168 g/mol. The zero-order chi connectivity index (χ0) is 10.2. The molecule has 0 unspecified atom stereocenters. The Balaban J connectivity index is 3.42. The Morgan fingerprint density at radius 3 is 1.69 bits per heavy atom. The highest BCUT2D eigenvalue weighted by molar-refractivity contribution is 4.44. The highest BCUT2D eigenvalue weighted by atomic mass is 16.8. The standard InChI is InChI=1S/C10H21O3/c1-4-6-8-12-10(3,11)13-9-7-5-2/h4-9H2,1-3H3. The zero-order valence-corrected chi connectivity index (χ0v) is 8.97. The lowest BCUT2D eigenvalue weighted by Crippen LogP contribution is -2.31. The van der Waals surface area contributed by atoms with E-state index in [0.717, 1.165) is 25.7 Å². The van der Waals surface area contributed by atoms with Crippen molar-refractivity contribution in [3.8, 4) is 0 Å². The van der Waals surface area contributed by atoms with Crippen LogP contribution in [0.5, 0.6) is 0 Å². The molecule has 0 aromatic carbocycles. The van der Waals surface area contributed by atoms with Crippen molar-refractivity contribution in [1.29, 1.82) is 0 Å². The molecule has 79 valence electrons. The molecule has 0 spiro atoms. The van der Waals surface area contributed by atoms with E-state index in [-0.39, 0.29) is 0 Å². The van der Waals surface area contributed by atoms with Crippen LogP contribution >= 0.6 is 0 Å². The maximum absolute atomic E-state index is 11.4. The molecule has 0 aromatic heterocycles. The number of rotatable bonds is 8. The van der Waals surface area contributed by atoms with Crippen LogP contribution in [0.2, 0.25) is 0 Å². The van der Waals surface area contributed by atoms with Crippen molar-refractivity contribution in [2.24, 2.45) is 0 Å². The lowest BCUT2D eigenvalue weighted by Gasteiger charge is -2.21. The molecule has 0 saturated heterocycles. The summed E-state index contributed by atoms with van der Waals surface area (Å²) in [4.78, 5) is 0. The van der Waals surface area contributed by atoms with Crippen molar-refractivity contribution in [2.75, 3.05) is 13.2 Å². The van der Waals surface area contributed by atoms with E-state index in [9.17, 15) is 5.11 Å². The van der Waals surface area contributed by atoms with Gasteiger partial charge in [0, 0.05) is 6.92 Å². The average Bonchev–Trinajstić information content (AvgIpc) is 2.05. The minimum atomic E-state index is -1.65. The highest BCUT2D eigenvalue weighted by Gasteiger charge is 2.23. The molecule has 0 fully saturated rings. The van der Waals surface area contributed by atoms with Gasteiger partial charge in [-0.3, -0.25) is 0 Å². The van der Waals surface area contributed by atoms with Crippen LogP contribution in [0.1, 0.15) is 46.5 Å². The molecule has 0 saturated carbocycles. The molecule has 0 amide bonds. The molecule has 0 N–H and O–H groups in total. The third-order valence-electron chi connectivity index (χ3n) is 1.72. The Bertz CT molecular complexity index is 101. The van der Waals surface area contributed by atoms with Crippen LogP contribution in [0.25, 0.3) is 0 Å². The Hall–Kier alpha value is -0.120. The van der Waals surface area contributed by atoms with Crippen molar-refractivity contribution >= 4 is 0 Å². The van der Waals surface area contributed by atoms with Crippen molar-refractivity contribution in [2.45, 2.75) is 52.4 Å². The first-order valence-electron chi connectivity index (χ1n) is 5.10. The number of hydrogen-bond donors (Lipinski definition) is 0. The van der Waals surface area contributed by atoms with Gasteiger partial charge in [-0.25, -0.2) is 0 Å². The monoisotopic (exact) mass is 189 g/mol. The molecule has 13 heavy (non-hydrogen) atoms. The van der Waals surface area contributed by atoms with Gasteiger partial charge in [0.1, 0.15) is 0 Å². The SMILES string of the molecule is CCCCOC(C)([O])OCCCC. The largest absolute Gasteiger partial charge is 0.326 e. The Morgan fingerprint density at radius 2 is 1.38 bits per heavy atom. The lowest BCUT2D eigenvalue weighted by atomic mass is 10.3. The fraction of sp³-hybridized carbons (Fsp3) is 1.00. The predicted molar refractivity (Wildman–Crippen MR) is 50.8 cm³/mol. The van der Waals surface area contributed by atoms with Crippen molar-refractivity contribution < 1.29 is 14.6 Å². The first-order chi connectivity index (χ1) is 6.12. The van der Waals surface area contributed by atoms with Gasteiger partial charge in [-0.1, -0.05) is 26.7 Å². The summed E-state index contributed by atoms with van der Waals surface area (Å²) in [6.07, 6.45) is 3.89. The zero-order valence-electron chi connectivity index (χ0n) is 8.97. The van der Waals surface area contributed by atoms with Gasteiger partial charge in [-0.2, -0.15) is 5.11 Å². The minimum absolute atomic E-state index is 0.489. The lowest BCUT2D eigenvalue weighted by molar-refractivity contribution is -0.377. The third kappa shape index (κ3) is 8.22. The van der Waals surface area contributed by atoms with E-state index in [1.807, 2.05) is 0 Å². The van der Waals surface area contributed by atoms with Crippen molar-refractivity contribution in [3.05, 3.63) is 0 Å². The highest BCUT2D eigenvalue weighted by Crippen LogP contribution is 2.10. The minimum Gasteiger partial charge on any atom is -0.326 e. The topological polar surface area (TPSA) is 38.4 Å². The van der Waals surface area contributed by atoms with Crippen LogP contribution < -0.4 is 0 Å². The van der Waals surface area contributed by atoms with Gasteiger partial charge in [0.2, 0.25) is 0 Å². The van der Waals surface area contributed by atoms with Gasteiger partial charge in [0.25, 0.3) is 0 Å². The number of ether oxygens (including phenoxy) is 2. The molecule has 1 radical (unpaired) electrons. The van der Waals surface area contributed by atoms with Crippen LogP contribution in [0.3, 0.4) is 0 Å². The summed E-state index contributed by atoms with van der Waals surface area (Å²) >= 11 is 0. The number of hydrogen-bond acceptors (Lipinski definition) is 2. The summed E-state index contributed by atoms with van der Waals surface area (Å²) in [6.45, 7) is 6.52. The molecule has 0 aromatic rings. The smallest absolute Gasteiger partial charge is 0.309 e. The van der Waals surface area contributed by atoms with Crippen LogP contribution in [-0.2, 0) is 14.6 Å². The maximum atomic E-state index is 11.4. The average molecular weight is 189 g/mol. The number of unbranched alkanes of at least 4 members (excludes halogenated alkanes) is 2. The van der Waals surface area contributed by atoms with E-state index < -0.39 is 5.97 Å². The summed E-state index contributed by atoms with van der Waals surface area (Å²) in [7, 11) is 0. The second-order valence-electron chi connectivity index (χ2n) is 3.27. The van der Waals surface area contributed by atoms with E-state index >= 15 is 0 Å². The molecular formula is C10H21O3. The molecule has 0 aliphatic heterocycles. The predicted octanol–water partition coefficient (Wildman–Crippen LogP) is 2.72. The fourth-order valence-electron chi connectivity index (χ4n) is 0.845. The van der Waals surface area contributed by atoms with E-state index in [1.165, 1.54) is 6.92 Å². The molecule has 0 heterocycles. The second-order valence-corrected chi connectivity index (χ2v) is 3.27. The molecule has 0 bridgehead atoms. The molecule has 3 heteroatoms. The first kappa shape index (κ1) is 12.9. The van der Waals surface area contributed by atoms with Crippen molar-refractivity contribution in [3.63, 3.8) is 0 Å². The Kier molecular flexibility index (Phi) is 7.23. The van der Waals surface area contributed by atoms with E-state index in [2.05, 4.69) is 13.8 Å². The van der Waals surface area contributed by atoms with Gasteiger partial charge < -0.3 is 9.47 Å². The summed E-state index contributed by atoms with van der Waals surface area (Å²) < 4.78 is 10.1. The summed E-state index contributed by atoms with van der Waals surface area (Å²) in [6, 6.07) is 0. The Morgan fingerprint density at radius 1 is 1.00 bits per heavy atom. The maximum Gasteiger partial charge on any atom is 0.309 e. The molecule has 0 atom stereocenters. The summed E-state index contributed by atoms with van der Waals surface area (Å²) in [5.74, 6) is -1.65. The van der Waals surface area contributed by atoms with E-state index in [1.54, 1.807) is 0 Å². The summed E-state index contributed by atoms with van der Waals surface area (Å²) in [5.41, 5.74) is 0.